The number of para-hydroxylation sites is 1. The molecular weight excluding hydrogens is 266 g/mol. The number of aliphatic hydroxyl groups excluding tert-OH is 1. The van der Waals surface area contributed by atoms with Gasteiger partial charge in [-0.15, -0.1) is 0 Å². The standard InChI is InChI=1S/C16H19N3O2/c1-17-14-9-15(18-13-7-3-2-6-12(13)14)16(21)19-8-4-5-11(19)10-20/h2-3,6-7,9,11,20H,4-5,8,10H2,1H3,(H,17,18). The molecule has 0 saturated carbocycles. The molecule has 3 rings (SSSR count). The Morgan fingerprint density at radius 3 is 3.05 bits per heavy atom. The second kappa shape index (κ2) is 5.69. The van der Waals surface area contributed by atoms with E-state index in [9.17, 15) is 9.90 Å². The zero-order valence-electron chi connectivity index (χ0n) is 12.0. The Balaban J connectivity index is 2.02. The van der Waals surface area contributed by atoms with Gasteiger partial charge in [-0.1, -0.05) is 18.2 Å². The van der Waals surface area contributed by atoms with Crippen LogP contribution in [0.3, 0.4) is 0 Å². The number of aliphatic hydroxyl groups is 1. The quantitative estimate of drug-likeness (QED) is 0.903. The summed E-state index contributed by atoms with van der Waals surface area (Å²) in [5.74, 6) is -0.103. The van der Waals surface area contributed by atoms with E-state index in [0.717, 1.165) is 29.4 Å². The van der Waals surface area contributed by atoms with Crippen molar-refractivity contribution >= 4 is 22.5 Å². The first-order valence-corrected chi connectivity index (χ1v) is 7.24. The van der Waals surface area contributed by atoms with Crippen LogP contribution >= 0.6 is 0 Å². The molecule has 1 aromatic carbocycles. The first kappa shape index (κ1) is 13.8. The minimum atomic E-state index is -0.103. The Bertz CT molecular complexity index is 672. The maximum atomic E-state index is 12.7. The van der Waals surface area contributed by atoms with Crippen LogP contribution in [0.4, 0.5) is 5.69 Å². The number of amides is 1. The number of carbonyl (C=O) groups excluding carboxylic acids is 1. The van der Waals surface area contributed by atoms with Crippen molar-refractivity contribution in [2.45, 2.75) is 18.9 Å². The lowest BCUT2D eigenvalue weighted by molar-refractivity contribution is 0.0672. The highest BCUT2D eigenvalue weighted by atomic mass is 16.3. The number of carbonyl (C=O) groups is 1. The van der Waals surface area contributed by atoms with Crippen LogP contribution in [0.2, 0.25) is 0 Å². The Kier molecular flexibility index (Phi) is 3.75. The summed E-state index contributed by atoms with van der Waals surface area (Å²) in [4.78, 5) is 18.9. The summed E-state index contributed by atoms with van der Waals surface area (Å²) in [6, 6.07) is 9.46. The SMILES string of the molecule is CNc1cc(C(=O)N2CCCC2CO)nc2ccccc12. The van der Waals surface area contributed by atoms with Gasteiger partial charge in [0.25, 0.3) is 5.91 Å². The number of hydrogen-bond donors (Lipinski definition) is 2. The van der Waals surface area contributed by atoms with E-state index in [1.807, 2.05) is 31.3 Å². The van der Waals surface area contributed by atoms with Gasteiger partial charge in [0.1, 0.15) is 5.69 Å². The number of pyridine rings is 1. The highest BCUT2D eigenvalue weighted by molar-refractivity contribution is 5.99. The Labute approximate surface area is 123 Å². The van der Waals surface area contributed by atoms with Gasteiger partial charge in [-0.25, -0.2) is 4.98 Å². The molecule has 0 spiro atoms. The number of benzene rings is 1. The summed E-state index contributed by atoms with van der Waals surface area (Å²) in [5.41, 5.74) is 2.12. The summed E-state index contributed by atoms with van der Waals surface area (Å²) in [6.45, 7) is 0.700. The van der Waals surface area contributed by atoms with Crippen molar-refractivity contribution in [1.29, 1.82) is 0 Å². The molecule has 110 valence electrons. The third-order valence-electron chi connectivity index (χ3n) is 4.05. The maximum absolute atomic E-state index is 12.7. The molecule has 0 radical (unpaired) electrons. The van der Waals surface area contributed by atoms with Crippen molar-refractivity contribution in [2.75, 3.05) is 25.5 Å². The molecule has 1 atom stereocenters. The fourth-order valence-electron chi connectivity index (χ4n) is 2.93. The second-order valence-corrected chi connectivity index (χ2v) is 5.30. The summed E-state index contributed by atoms with van der Waals surface area (Å²) >= 11 is 0. The van der Waals surface area contributed by atoms with E-state index < -0.39 is 0 Å². The minimum absolute atomic E-state index is 0.0121. The molecule has 21 heavy (non-hydrogen) atoms. The smallest absolute Gasteiger partial charge is 0.272 e. The molecule has 1 saturated heterocycles. The van der Waals surface area contributed by atoms with E-state index in [-0.39, 0.29) is 18.6 Å². The second-order valence-electron chi connectivity index (χ2n) is 5.30. The first-order valence-electron chi connectivity index (χ1n) is 7.24. The molecule has 0 bridgehead atoms. The maximum Gasteiger partial charge on any atom is 0.272 e. The summed E-state index contributed by atoms with van der Waals surface area (Å²) in [7, 11) is 1.84. The van der Waals surface area contributed by atoms with Crippen LogP contribution in [-0.2, 0) is 0 Å². The molecular formula is C16H19N3O2. The van der Waals surface area contributed by atoms with Crippen LogP contribution in [0.5, 0.6) is 0 Å². The van der Waals surface area contributed by atoms with Gasteiger partial charge in [0.05, 0.1) is 18.2 Å². The van der Waals surface area contributed by atoms with Gasteiger partial charge in [-0.3, -0.25) is 4.79 Å². The lowest BCUT2D eigenvalue weighted by Crippen LogP contribution is -2.38. The van der Waals surface area contributed by atoms with Crippen molar-refractivity contribution in [3.63, 3.8) is 0 Å². The van der Waals surface area contributed by atoms with Crippen LogP contribution in [0.25, 0.3) is 10.9 Å². The number of anilines is 1. The molecule has 2 heterocycles. The fraction of sp³-hybridized carbons (Fsp3) is 0.375. The number of likely N-dealkylation sites (tertiary alicyclic amines) is 1. The van der Waals surface area contributed by atoms with Crippen molar-refractivity contribution in [2.24, 2.45) is 0 Å². The van der Waals surface area contributed by atoms with Crippen LogP contribution in [0.1, 0.15) is 23.3 Å². The van der Waals surface area contributed by atoms with E-state index in [4.69, 9.17) is 0 Å². The topological polar surface area (TPSA) is 65.5 Å². The highest BCUT2D eigenvalue weighted by Gasteiger charge is 2.29. The Morgan fingerprint density at radius 2 is 2.29 bits per heavy atom. The predicted molar refractivity (Wildman–Crippen MR) is 82.4 cm³/mol. The number of hydrogen-bond acceptors (Lipinski definition) is 4. The molecule has 5 nitrogen and oxygen atoms in total. The summed E-state index contributed by atoms with van der Waals surface area (Å²) in [6.07, 6.45) is 1.79. The molecule has 1 aliphatic heterocycles. The summed E-state index contributed by atoms with van der Waals surface area (Å²) < 4.78 is 0. The van der Waals surface area contributed by atoms with Gasteiger partial charge in [0, 0.05) is 24.7 Å². The zero-order chi connectivity index (χ0) is 14.8. The lowest BCUT2D eigenvalue weighted by atomic mass is 10.1. The fourth-order valence-corrected chi connectivity index (χ4v) is 2.93. The number of nitrogens with one attached hydrogen (secondary N) is 1. The molecule has 1 aliphatic rings. The molecule has 2 aromatic rings. The third-order valence-corrected chi connectivity index (χ3v) is 4.05. The first-order chi connectivity index (χ1) is 10.2. The minimum Gasteiger partial charge on any atom is -0.394 e. The number of aromatic nitrogens is 1. The molecule has 1 fully saturated rings. The van der Waals surface area contributed by atoms with E-state index in [1.54, 1.807) is 11.0 Å². The van der Waals surface area contributed by atoms with Crippen molar-refractivity contribution in [3.05, 3.63) is 36.0 Å². The lowest BCUT2D eigenvalue weighted by Gasteiger charge is -2.23. The average molecular weight is 285 g/mol. The Morgan fingerprint density at radius 1 is 1.48 bits per heavy atom. The van der Waals surface area contributed by atoms with Crippen LogP contribution < -0.4 is 5.32 Å². The number of nitrogens with zero attached hydrogens (tertiary/aromatic N) is 2. The molecule has 1 amide bonds. The van der Waals surface area contributed by atoms with E-state index in [0.29, 0.717) is 12.2 Å². The van der Waals surface area contributed by atoms with Crippen LogP contribution in [0.15, 0.2) is 30.3 Å². The van der Waals surface area contributed by atoms with Gasteiger partial charge in [0.15, 0.2) is 0 Å². The van der Waals surface area contributed by atoms with E-state index in [2.05, 4.69) is 10.3 Å². The van der Waals surface area contributed by atoms with Crippen molar-refractivity contribution in [3.8, 4) is 0 Å². The van der Waals surface area contributed by atoms with Crippen molar-refractivity contribution in [1.82, 2.24) is 9.88 Å². The Hall–Kier alpha value is -2.14. The monoisotopic (exact) mass is 285 g/mol. The van der Waals surface area contributed by atoms with Crippen LogP contribution in [0, 0.1) is 0 Å². The number of rotatable bonds is 3. The molecule has 5 heteroatoms. The van der Waals surface area contributed by atoms with E-state index >= 15 is 0 Å². The van der Waals surface area contributed by atoms with E-state index in [1.165, 1.54) is 0 Å². The molecule has 1 unspecified atom stereocenters. The van der Waals surface area contributed by atoms with Gasteiger partial charge >= 0.3 is 0 Å². The largest absolute Gasteiger partial charge is 0.394 e. The van der Waals surface area contributed by atoms with Gasteiger partial charge < -0.3 is 15.3 Å². The van der Waals surface area contributed by atoms with Crippen LogP contribution in [-0.4, -0.2) is 47.1 Å². The highest BCUT2D eigenvalue weighted by Crippen LogP contribution is 2.25. The third kappa shape index (κ3) is 2.45. The van der Waals surface area contributed by atoms with Gasteiger partial charge in [-0.05, 0) is 25.0 Å². The number of fused-ring (bicyclic) bond motifs is 1. The normalized spacial score (nSPS) is 18.2. The van der Waals surface area contributed by atoms with Gasteiger partial charge in [-0.2, -0.15) is 0 Å². The average Bonchev–Trinajstić information content (AvgIpc) is 3.01. The molecule has 1 aromatic heterocycles. The predicted octanol–water partition coefficient (Wildman–Crippen LogP) is 1.87. The zero-order valence-corrected chi connectivity index (χ0v) is 12.0. The molecule has 2 N–H and O–H groups in total. The summed E-state index contributed by atoms with van der Waals surface area (Å²) in [5, 5.41) is 13.5. The molecule has 0 aliphatic carbocycles. The van der Waals surface area contributed by atoms with Crippen molar-refractivity contribution < 1.29 is 9.90 Å². The van der Waals surface area contributed by atoms with Gasteiger partial charge in [0.2, 0.25) is 0 Å².